The molecule has 0 bridgehead atoms. The fourth-order valence-electron chi connectivity index (χ4n) is 3.53. The molecule has 30 heavy (non-hydrogen) atoms. The normalized spacial score (nSPS) is 15.8. The van der Waals surface area contributed by atoms with Crippen LogP contribution in [0.1, 0.15) is 35.7 Å². The number of piperidine rings is 1. The van der Waals surface area contributed by atoms with Crippen LogP contribution in [0.4, 0.5) is 10.1 Å². The predicted molar refractivity (Wildman–Crippen MR) is 118 cm³/mol. The third kappa shape index (κ3) is 5.78. The summed E-state index contributed by atoms with van der Waals surface area (Å²) in [6.45, 7) is 5.35. The minimum atomic E-state index is -3.86. The van der Waals surface area contributed by atoms with Crippen molar-refractivity contribution in [1.82, 2.24) is 10.0 Å². The molecule has 0 aliphatic carbocycles. The maximum absolute atomic E-state index is 14.5. The molecule has 1 fully saturated rings. The summed E-state index contributed by atoms with van der Waals surface area (Å²) in [5.74, 6) is -1.01. The van der Waals surface area contributed by atoms with Gasteiger partial charge in [-0.25, -0.2) is 17.5 Å². The van der Waals surface area contributed by atoms with Crippen molar-refractivity contribution in [1.29, 1.82) is 0 Å². The zero-order chi connectivity index (χ0) is 21.0. The van der Waals surface area contributed by atoms with E-state index in [0.29, 0.717) is 5.56 Å². The second-order valence-corrected chi connectivity index (χ2v) is 9.12. The molecule has 2 aromatic rings. The van der Waals surface area contributed by atoms with Crippen molar-refractivity contribution in [2.45, 2.75) is 37.6 Å². The summed E-state index contributed by atoms with van der Waals surface area (Å²) >= 11 is 0. The van der Waals surface area contributed by atoms with Crippen molar-refractivity contribution >= 4 is 34.0 Å². The monoisotopic (exact) mass is 455 g/mol. The number of carbonyl (C=O) groups excluding carboxylic acids is 1. The highest BCUT2D eigenvalue weighted by Crippen LogP contribution is 2.22. The molecular weight excluding hydrogens is 429 g/mol. The predicted octanol–water partition coefficient (Wildman–Crippen LogP) is 3.47. The van der Waals surface area contributed by atoms with Crippen LogP contribution in [0, 0.1) is 18.7 Å². The fraction of sp³-hybridized carbons (Fsp3) is 0.381. The Morgan fingerprint density at radius 1 is 1.17 bits per heavy atom. The van der Waals surface area contributed by atoms with Crippen LogP contribution in [0.15, 0.2) is 47.4 Å². The maximum Gasteiger partial charge on any atom is 0.256 e. The van der Waals surface area contributed by atoms with Crippen LogP contribution >= 0.6 is 12.4 Å². The number of sulfonamides is 1. The Labute approximate surface area is 183 Å². The largest absolute Gasteiger partial charge is 0.319 e. The van der Waals surface area contributed by atoms with Gasteiger partial charge in [0.15, 0.2) is 0 Å². The van der Waals surface area contributed by atoms with Crippen molar-refractivity contribution < 1.29 is 17.6 Å². The smallest absolute Gasteiger partial charge is 0.256 e. The summed E-state index contributed by atoms with van der Waals surface area (Å²) < 4.78 is 42.5. The highest BCUT2D eigenvalue weighted by molar-refractivity contribution is 7.89. The van der Waals surface area contributed by atoms with Gasteiger partial charge in [-0.3, -0.25) is 4.79 Å². The topological polar surface area (TPSA) is 87.3 Å². The minimum absolute atomic E-state index is 0. The van der Waals surface area contributed by atoms with Gasteiger partial charge >= 0.3 is 0 Å². The van der Waals surface area contributed by atoms with Crippen LogP contribution in [0.5, 0.6) is 0 Å². The van der Waals surface area contributed by atoms with Crippen molar-refractivity contribution in [2.75, 3.05) is 18.4 Å². The van der Waals surface area contributed by atoms with Crippen molar-refractivity contribution in [3.63, 3.8) is 0 Å². The third-order valence-electron chi connectivity index (χ3n) is 5.32. The third-order valence-corrected chi connectivity index (χ3v) is 6.88. The van der Waals surface area contributed by atoms with E-state index in [2.05, 4.69) is 15.4 Å². The molecule has 1 aliphatic heterocycles. The first-order chi connectivity index (χ1) is 13.8. The van der Waals surface area contributed by atoms with E-state index >= 15 is 0 Å². The van der Waals surface area contributed by atoms with E-state index in [0.717, 1.165) is 37.6 Å². The van der Waals surface area contributed by atoms with E-state index in [9.17, 15) is 17.6 Å². The van der Waals surface area contributed by atoms with Gasteiger partial charge in [0, 0.05) is 11.6 Å². The number of hydrogen-bond acceptors (Lipinski definition) is 4. The Balaban J connectivity index is 0.00000320. The summed E-state index contributed by atoms with van der Waals surface area (Å²) in [7, 11) is -3.86. The molecule has 1 aliphatic rings. The van der Waals surface area contributed by atoms with Crippen molar-refractivity contribution in [2.24, 2.45) is 5.92 Å². The molecule has 1 unspecified atom stereocenters. The van der Waals surface area contributed by atoms with Gasteiger partial charge in [-0.05, 0) is 75.5 Å². The van der Waals surface area contributed by atoms with Crippen LogP contribution in [0.3, 0.4) is 0 Å². The molecule has 164 valence electrons. The van der Waals surface area contributed by atoms with Gasteiger partial charge in [0.1, 0.15) is 5.82 Å². The second kappa shape index (κ2) is 10.3. The van der Waals surface area contributed by atoms with Crippen molar-refractivity contribution in [3.8, 4) is 0 Å². The molecule has 6 nitrogen and oxygen atoms in total. The number of hydrogen-bond donors (Lipinski definition) is 3. The SMILES string of the molecule is Cc1ccccc1C(=O)Nc1ccc(S(=O)(=O)NC(C)C2CCNCC2)cc1F.Cl. The summed E-state index contributed by atoms with van der Waals surface area (Å²) in [6, 6.07) is 10.2. The van der Waals surface area contributed by atoms with Gasteiger partial charge in [0.05, 0.1) is 10.6 Å². The highest BCUT2D eigenvalue weighted by Gasteiger charge is 2.26. The van der Waals surface area contributed by atoms with Gasteiger partial charge in [0.2, 0.25) is 10.0 Å². The number of anilines is 1. The number of benzene rings is 2. The Kier molecular flexibility index (Phi) is 8.37. The van der Waals surface area contributed by atoms with Crippen LogP contribution < -0.4 is 15.4 Å². The molecule has 9 heteroatoms. The standard InChI is InChI=1S/C21H26FN3O3S.ClH/c1-14-5-3-4-6-18(14)21(26)24-20-8-7-17(13-19(20)22)29(27,28)25-15(2)16-9-11-23-12-10-16;/h3-8,13,15-16,23,25H,9-12H2,1-2H3,(H,24,26);1H. The maximum atomic E-state index is 14.5. The summed E-state index contributed by atoms with van der Waals surface area (Å²) in [5, 5.41) is 5.75. The summed E-state index contributed by atoms with van der Waals surface area (Å²) in [5.41, 5.74) is 1.13. The Bertz CT molecular complexity index is 995. The first-order valence-electron chi connectivity index (χ1n) is 9.67. The van der Waals surface area contributed by atoms with E-state index in [1.807, 2.05) is 13.0 Å². The fourth-order valence-corrected chi connectivity index (χ4v) is 4.86. The molecule has 1 saturated heterocycles. The number of halogens is 2. The van der Waals surface area contributed by atoms with Crippen LogP contribution in [-0.4, -0.2) is 33.5 Å². The number of rotatable bonds is 6. The highest BCUT2D eigenvalue weighted by atomic mass is 35.5. The number of nitrogens with one attached hydrogen (secondary N) is 3. The molecule has 3 rings (SSSR count). The molecule has 1 amide bonds. The Morgan fingerprint density at radius 2 is 1.83 bits per heavy atom. The molecule has 0 saturated carbocycles. The molecule has 1 heterocycles. The molecule has 2 aromatic carbocycles. The van der Waals surface area contributed by atoms with Gasteiger partial charge in [-0.1, -0.05) is 18.2 Å². The van der Waals surface area contributed by atoms with E-state index in [1.54, 1.807) is 25.1 Å². The lowest BCUT2D eigenvalue weighted by molar-refractivity contribution is 0.102. The molecule has 3 N–H and O–H groups in total. The minimum Gasteiger partial charge on any atom is -0.319 e. The van der Waals surface area contributed by atoms with Gasteiger partial charge < -0.3 is 10.6 Å². The van der Waals surface area contributed by atoms with Crippen LogP contribution in [0.2, 0.25) is 0 Å². The van der Waals surface area contributed by atoms with Gasteiger partial charge in [-0.2, -0.15) is 0 Å². The first kappa shape index (κ1) is 24.3. The zero-order valence-electron chi connectivity index (χ0n) is 16.9. The summed E-state index contributed by atoms with van der Waals surface area (Å²) in [6.07, 6.45) is 1.78. The molecular formula is C21H27ClFN3O3S. The quantitative estimate of drug-likeness (QED) is 0.622. The van der Waals surface area contributed by atoms with Gasteiger partial charge in [-0.15, -0.1) is 12.4 Å². The second-order valence-electron chi connectivity index (χ2n) is 7.41. The number of aryl methyl sites for hydroxylation is 1. The lowest BCUT2D eigenvalue weighted by Crippen LogP contribution is -2.42. The lowest BCUT2D eigenvalue weighted by atomic mass is 9.92. The van der Waals surface area contributed by atoms with E-state index in [1.165, 1.54) is 12.1 Å². The Hall–Kier alpha value is -2.00. The van der Waals surface area contributed by atoms with E-state index < -0.39 is 21.7 Å². The van der Waals surface area contributed by atoms with Crippen molar-refractivity contribution in [3.05, 3.63) is 59.4 Å². The lowest BCUT2D eigenvalue weighted by Gasteiger charge is -2.28. The number of carbonyl (C=O) groups is 1. The van der Waals surface area contributed by atoms with E-state index in [-0.39, 0.29) is 34.9 Å². The summed E-state index contributed by atoms with van der Waals surface area (Å²) in [4.78, 5) is 12.2. The molecule has 0 aromatic heterocycles. The molecule has 0 radical (unpaired) electrons. The molecule has 0 spiro atoms. The zero-order valence-corrected chi connectivity index (χ0v) is 18.6. The number of amides is 1. The van der Waals surface area contributed by atoms with E-state index in [4.69, 9.17) is 0 Å². The molecule has 1 atom stereocenters. The average Bonchev–Trinajstić information content (AvgIpc) is 2.70. The Morgan fingerprint density at radius 3 is 2.47 bits per heavy atom. The average molecular weight is 456 g/mol. The van der Waals surface area contributed by atoms with Gasteiger partial charge in [0.25, 0.3) is 5.91 Å². The first-order valence-corrected chi connectivity index (χ1v) is 11.2. The van der Waals surface area contributed by atoms with Crippen LogP contribution in [-0.2, 0) is 10.0 Å². The van der Waals surface area contributed by atoms with Crippen LogP contribution in [0.25, 0.3) is 0 Å².